The molecular formula is C14H22N2O. The molecule has 2 unspecified atom stereocenters. The SMILES string of the molecule is Cc1cncc(OC2CN(C)CC2C(C)C)c1. The fraction of sp³-hybridized carbons (Fsp3) is 0.643. The number of nitrogens with zero attached hydrogens (tertiary/aromatic N) is 2. The molecule has 17 heavy (non-hydrogen) atoms. The van der Waals surface area contributed by atoms with Crippen molar-refractivity contribution in [2.45, 2.75) is 26.9 Å². The van der Waals surface area contributed by atoms with Gasteiger partial charge in [-0.2, -0.15) is 0 Å². The number of likely N-dealkylation sites (N-methyl/N-ethyl adjacent to an activating group) is 1. The molecule has 1 fully saturated rings. The number of rotatable bonds is 3. The van der Waals surface area contributed by atoms with E-state index in [-0.39, 0.29) is 0 Å². The predicted octanol–water partition coefficient (Wildman–Crippen LogP) is 2.36. The van der Waals surface area contributed by atoms with E-state index >= 15 is 0 Å². The highest BCUT2D eigenvalue weighted by atomic mass is 16.5. The van der Waals surface area contributed by atoms with E-state index < -0.39 is 0 Å². The van der Waals surface area contributed by atoms with Crippen LogP contribution in [0.2, 0.25) is 0 Å². The van der Waals surface area contributed by atoms with Crippen LogP contribution < -0.4 is 4.74 Å². The van der Waals surface area contributed by atoms with Crippen LogP contribution in [0.5, 0.6) is 5.75 Å². The van der Waals surface area contributed by atoms with Crippen molar-refractivity contribution in [3.63, 3.8) is 0 Å². The van der Waals surface area contributed by atoms with Gasteiger partial charge < -0.3 is 9.64 Å². The van der Waals surface area contributed by atoms with Crippen molar-refractivity contribution in [2.75, 3.05) is 20.1 Å². The summed E-state index contributed by atoms with van der Waals surface area (Å²) >= 11 is 0. The molecule has 1 aromatic heterocycles. The molecule has 0 N–H and O–H groups in total. The first-order chi connectivity index (χ1) is 8.06. The molecule has 2 heterocycles. The first-order valence-corrected chi connectivity index (χ1v) is 6.33. The lowest BCUT2D eigenvalue weighted by atomic mass is 9.93. The molecule has 0 saturated carbocycles. The quantitative estimate of drug-likeness (QED) is 0.802. The summed E-state index contributed by atoms with van der Waals surface area (Å²) in [4.78, 5) is 6.52. The lowest BCUT2D eigenvalue weighted by Gasteiger charge is -2.23. The summed E-state index contributed by atoms with van der Waals surface area (Å²) in [6.07, 6.45) is 3.96. The molecule has 1 aromatic rings. The van der Waals surface area contributed by atoms with Crippen LogP contribution in [0.15, 0.2) is 18.5 Å². The molecule has 3 nitrogen and oxygen atoms in total. The van der Waals surface area contributed by atoms with Gasteiger partial charge in [0.2, 0.25) is 0 Å². The maximum absolute atomic E-state index is 6.10. The molecule has 1 saturated heterocycles. The summed E-state index contributed by atoms with van der Waals surface area (Å²) in [7, 11) is 2.16. The van der Waals surface area contributed by atoms with E-state index in [4.69, 9.17) is 4.74 Å². The molecule has 0 amide bonds. The van der Waals surface area contributed by atoms with Crippen molar-refractivity contribution in [1.82, 2.24) is 9.88 Å². The van der Waals surface area contributed by atoms with Crippen LogP contribution in [0, 0.1) is 18.8 Å². The van der Waals surface area contributed by atoms with Crippen LogP contribution in [-0.2, 0) is 0 Å². The summed E-state index contributed by atoms with van der Waals surface area (Å²) in [6.45, 7) is 8.72. The highest BCUT2D eigenvalue weighted by molar-refractivity contribution is 5.22. The number of hydrogen-bond donors (Lipinski definition) is 0. The van der Waals surface area contributed by atoms with Gasteiger partial charge in [-0.3, -0.25) is 4.98 Å². The average Bonchev–Trinajstić information content (AvgIpc) is 2.59. The smallest absolute Gasteiger partial charge is 0.138 e. The Morgan fingerprint density at radius 3 is 2.76 bits per heavy atom. The van der Waals surface area contributed by atoms with E-state index in [2.05, 4.69) is 36.8 Å². The van der Waals surface area contributed by atoms with Crippen molar-refractivity contribution >= 4 is 0 Å². The Labute approximate surface area is 104 Å². The Morgan fingerprint density at radius 1 is 1.35 bits per heavy atom. The van der Waals surface area contributed by atoms with E-state index in [0.29, 0.717) is 17.9 Å². The van der Waals surface area contributed by atoms with Crippen LogP contribution in [0.25, 0.3) is 0 Å². The maximum Gasteiger partial charge on any atom is 0.138 e. The molecule has 0 aliphatic carbocycles. The molecule has 1 aliphatic rings. The molecule has 0 bridgehead atoms. The van der Waals surface area contributed by atoms with Crippen LogP contribution in [0.1, 0.15) is 19.4 Å². The topological polar surface area (TPSA) is 25.4 Å². The molecule has 94 valence electrons. The lowest BCUT2D eigenvalue weighted by Crippen LogP contribution is -2.29. The Hall–Kier alpha value is -1.09. The summed E-state index contributed by atoms with van der Waals surface area (Å²) in [6, 6.07) is 2.06. The Bertz CT molecular complexity index is 378. The summed E-state index contributed by atoms with van der Waals surface area (Å²) in [5, 5.41) is 0. The fourth-order valence-electron chi connectivity index (χ4n) is 2.53. The molecular weight excluding hydrogens is 212 g/mol. The van der Waals surface area contributed by atoms with Crippen molar-refractivity contribution in [2.24, 2.45) is 11.8 Å². The van der Waals surface area contributed by atoms with Gasteiger partial charge >= 0.3 is 0 Å². The molecule has 2 rings (SSSR count). The number of aromatic nitrogens is 1. The molecule has 0 radical (unpaired) electrons. The van der Waals surface area contributed by atoms with E-state index in [1.54, 1.807) is 0 Å². The van der Waals surface area contributed by atoms with Gasteiger partial charge in [-0.05, 0) is 31.5 Å². The molecule has 2 atom stereocenters. The van der Waals surface area contributed by atoms with Crippen molar-refractivity contribution in [1.29, 1.82) is 0 Å². The molecule has 1 aliphatic heterocycles. The second kappa shape index (κ2) is 5.05. The third kappa shape index (κ3) is 2.97. The summed E-state index contributed by atoms with van der Waals surface area (Å²) < 4.78 is 6.10. The van der Waals surface area contributed by atoms with Crippen LogP contribution in [-0.4, -0.2) is 36.1 Å². The largest absolute Gasteiger partial charge is 0.487 e. The zero-order valence-corrected chi connectivity index (χ0v) is 11.2. The minimum absolute atomic E-state index is 0.295. The Balaban J connectivity index is 2.07. The van der Waals surface area contributed by atoms with Gasteiger partial charge in [0, 0.05) is 25.2 Å². The number of aryl methyl sites for hydroxylation is 1. The number of hydrogen-bond acceptors (Lipinski definition) is 3. The zero-order valence-electron chi connectivity index (χ0n) is 11.2. The van der Waals surface area contributed by atoms with Gasteiger partial charge in [-0.1, -0.05) is 13.8 Å². The van der Waals surface area contributed by atoms with Gasteiger partial charge in [0.25, 0.3) is 0 Å². The highest BCUT2D eigenvalue weighted by Crippen LogP contribution is 2.27. The van der Waals surface area contributed by atoms with E-state index in [1.807, 2.05) is 19.3 Å². The number of likely N-dealkylation sites (tertiary alicyclic amines) is 1. The van der Waals surface area contributed by atoms with Gasteiger partial charge in [-0.15, -0.1) is 0 Å². The van der Waals surface area contributed by atoms with Crippen LogP contribution >= 0.6 is 0 Å². The summed E-state index contributed by atoms with van der Waals surface area (Å²) in [5.41, 5.74) is 1.15. The van der Waals surface area contributed by atoms with Gasteiger partial charge in [0.15, 0.2) is 0 Å². The first kappa shape index (κ1) is 12.4. The molecule has 0 spiro atoms. The number of ether oxygens (including phenoxy) is 1. The number of pyridine rings is 1. The Morgan fingerprint density at radius 2 is 2.12 bits per heavy atom. The van der Waals surface area contributed by atoms with Gasteiger partial charge in [0.1, 0.15) is 11.9 Å². The monoisotopic (exact) mass is 234 g/mol. The molecule has 0 aromatic carbocycles. The van der Waals surface area contributed by atoms with Crippen molar-refractivity contribution < 1.29 is 4.74 Å². The lowest BCUT2D eigenvalue weighted by molar-refractivity contribution is 0.145. The first-order valence-electron chi connectivity index (χ1n) is 6.33. The second-order valence-corrected chi connectivity index (χ2v) is 5.48. The highest BCUT2D eigenvalue weighted by Gasteiger charge is 2.34. The Kier molecular flexibility index (Phi) is 3.67. The van der Waals surface area contributed by atoms with Crippen LogP contribution in [0.4, 0.5) is 0 Å². The zero-order chi connectivity index (χ0) is 12.4. The van der Waals surface area contributed by atoms with Crippen molar-refractivity contribution in [3.8, 4) is 5.75 Å². The van der Waals surface area contributed by atoms with E-state index in [0.717, 1.165) is 24.4 Å². The van der Waals surface area contributed by atoms with Gasteiger partial charge in [-0.25, -0.2) is 0 Å². The standard InChI is InChI=1S/C14H22N2O/c1-10(2)13-8-16(4)9-14(13)17-12-5-11(3)6-15-7-12/h5-7,10,13-14H,8-9H2,1-4H3. The van der Waals surface area contributed by atoms with E-state index in [1.165, 1.54) is 0 Å². The minimum atomic E-state index is 0.295. The van der Waals surface area contributed by atoms with Gasteiger partial charge in [0.05, 0.1) is 6.20 Å². The summed E-state index contributed by atoms with van der Waals surface area (Å²) in [5.74, 6) is 2.17. The second-order valence-electron chi connectivity index (χ2n) is 5.48. The maximum atomic E-state index is 6.10. The fourth-order valence-corrected chi connectivity index (χ4v) is 2.53. The third-order valence-electron chi connectivity index (χ3n) is 3.49. The third-order valence-corrected chi connectivity index (χ3v) is 3.49. The normalized spacial score (nSPS) is 25.5. The van der Waals surface area contributed by atoms with Crippen molar-refractivity contribution in [3.05, 3.63) is 24.0 Å². The minimum Gasteiger partial charge on any atom is -0.487 e. The van der Waals surface area contributed by atoms with E-state index in [9.17, 15) is 0 Å². The predicted molar refractivity (Wildman–Crippen MR) is 69.2 cm³/mol. The molecule has 3 heteroatoms. The van der Waals surface area contributed by atoms with Crippen LogP contribution in [0.3, 0.4) is 0 Å². The average molecular weight is 234 g/mol.